The van der Waals surface area contributed by atoms with Gasteiger partial charge < -0.3 is 5.32 Å². The molecule has 0 aliphatic carbocycles. The van der Waals surface area contributed by atoms with Crippen molar-refractivity contribution < 1.29 is 4.39 Å². The number of benzene rings is 1. The van der Waals surface area contributed by atoms with Crippen molar-refractivity contribution >= 4 is 0 Å². The molecule has 0 saturated carbocycles. The van der Waals surface area contributed by atoms with Crippen LogP contribution in [0.25, 0.3) is 0 Å². The summed E-state index contributed by atoms with van der Waals surface area (Å²) in [5.41, 5.74) is 1.11. The van der Waals surface area contributed by atoms with Crippen molar-refractivity contribution in [1.29, 1.82) is 0 Å². The highest BCUT2D eigenvalue weighted by atomic mass is 19.1. The number of likely N-dealkylation sites (N-methyl/N-ethyl adjacent to an activating group) is 1. The lowest BCUT2D eigenvalue weighted by molar-refractivity contribution is 0.411. The normalized spacial score (nSPS) is 14.8. The molecule has 0 spiro atoms. The van der Waals surface area contributed by atoms with Gasteiger partial charge in [0, 0.05) is 6.54 Å². The van der Waals surface area contributed by atoms with E-state index in [0.29, 0.717) is 11.8 Å². The maximum absolute atomic E-state index is 13.2. The lowest BCUT2D eigenvalue weighted by Gasteiger charge is -2.24. The Bertz CT molecular complexity index is 311. The van der Waals surface area contributed by atoms with Gasteiger partial charge >= 0.3 is 0 Å². The van der Waals surface area contributed by atoms with Crippen LogP contribution in [-0.2, 0) is 0 Å². The average Bonchev–Trinajstić information content (AvgIpc) is 2.26. The van der Waals surface area contributed by atoms with Crippen LogP contribution in [0.5, 0.6) is 0 Å². The molecule has 0 bridgehead atoms. The zero-order valence-corrected chi connectivity index (χ0v) is 10.5. The Morgan fingerprint density at radius 1 is 1.38 bits per heavy atom. The third kappa shape index (κ3) is 3.60. The summed E-state index contributed by atoms with van der Waals surface area (Å²) in [6.07, 6.45) is 2.36. The van der Waals surface area contributed by atoms with Crippen molar-refractivity contribution in [1.82, 2.24) is 5.32 Å². The molecule has 1 N–H and O–H groups in total. The Hall–Kier alpha value is -0.890. The van der Waals surface area contributed by atoms with Gasteiger partial charge in [-0.05, 0) is 36.6 Å². The van der Waals surface area contributed by atoms with E-state index in [1.807, 2.05) is 13.1 Å². The molecule has 0 aliphatic heterocycles. The number of hydrogen-bond acceptors (Lipinski definition) is 1. The number of halogens is 1. The van der Waals surface area contributed by atoms with Crippen LogP contribution in [-0.4, -0.2) is 13.6 Å². The third-order valence-corrected chi connectivity index (χ3v) is 3.13. The van der Waals surface area contributed by atoms with E-state index in [0.717, 1.165) is 12.1 Å². The standard InChI is InChI=1S/C14H22FN/c1-4-6-11(2)14(10-16-3)12-7-5-8-13(15)9-12/h5,7-9,11,14,16H,4,6,10H2,1-3H3. The van der Waals surface area contributed by atoms with Crippen molar-refractivity contribution in [3.05, 3.63) is 35.6 Å². The molecule has 0 aromatic heterocycles. The molecule has 0 saturated heterocycles. The fraction of sp³-hybridized carbons (Fsp3) is 0.571. The van der Waals surface area contributed by atoms with Gasteiger partial charge in [0.25, 0.3) is 0 Å². The minimum absolute atomic E-state index is 0.137. The SMILES string of the molecule is CCCC(C)C(CNC)c1cccc(F)c1. The molecular weight excluding hydrogens is 201 g/mol. The van der Waals surface area contributed by atoms with Crippen molar-refractivity contribution in [2.75, 3.05) is 13.6 Å². The molecule has 16 heavy (non-hydrogen) atoms. The third-order valence-electron chi connectivity index (χ3n) is 3.13. The Morgan fingerprint density at radius 3 is 2.69 bits per heavy atom. The first kappa shape index (κ1) is 13.2. The molecule has 90 valence electrons. The lowest BCUT2D eigenvalue weighted by atomic mass is 9.84. The number of nitrogens with one attached hydrogen (secondary N) is 1. The highest BCUT2D eigenvalue weighted by Gasteiger charge is 2.18. The van der Waals surface area contributed by atoms with Gasteiger partial charge in [0.2, 0.25) is 0 Å². The van der Waals surface area contributed by atoms with Gasteiger partial charge in [0.05, 0.1) is 0 Å². The van der Waals surface area contributed by atoms with Gasteiger partial charge in [-0.2, -0.15) is 0 Å². The highest BCUT2D eigenvalue weighted by Crippen LogP contribution is 2.27. The minimum atomic E-state index is -0.137. The summed E-state index contributed by atoms with van der Waals surface area (Å²) in [5, 5.41) is 3.20. The van der Waals surface area contributed by atoms with Crippen molar-refractivity contribution in [3.63, 3.8) is 0 Å². The number of rotatable bonds is 6. The molecule has 2 unspecified atom stereocenters. The Balaban J connectivity index is 2.83. The van der Waals surface area contributed by atoms with E-state index in [2.05, 4.69) is 19.2 Å². The van der Waals surface area contributed by atoms with Crippen molar-refractivity contribution in [2.24, 2.45) is 5.92 Å². The summed E-state index contributed by atoms with van der Waals surface area (Å²) in [7, 11) is 1.95. The summed E-state index contributed by atoms with van der Waals surface area (Å²) >= 11 is 0. The van der Waals surface area contributed by atoms with Gasteiger partial charge in [-0.15, -0.1) is 0 Å². The molecule has 1 aromatic carbocycles. The van der Waals surface area contributed by atoms with E-state index >= 15 is 0 Å². The predicted molar refractivity (Wildman–Crippen MR) is 67.1 cm³/mol. The van der Waals surface area contributed by atoms with Gasteiger partial charge in [-0.1, -0.05) is 38.8 Å². The van der Waals surface area contributed by atoms with Gasteiger partial charge in [-0.3, -0.25) is 0 Å². The van der Waals surface area contributed by atoms with Crippen LogP contribution >= 0.6 is 0 Å². The van der Waals surface area contributed by atoms with Crippen LogP contribution in [0, 0.1) is 11.7 Å². The highest BCUT2D eigenvalue weighted by molar-refractivity contribution is 5.21. The molecule has 1 nitrogen and oxygen atoms in total. The second kappa shape index (κ2) is 6.64. The van der Waals surface area contributed by atoms with E-state index < -0.39 is 0 Å². The first-order valence-electron chi connectivity index (χ1n) is 6.09. The van der Waals surface area contributed by atoms with Crippen molar-refractivity contribution in [2.45, 2.75) is 32.6 Å². The quantitative estimate of drug-likeness (QED) is 0.777. The van der Waals surface area contributed by atoms with E-state index in [4.69, 9.17) is 0 Å². The average molecular weight is 223 g/mol. The van der Waals surface area contributed by atoms with E-state index in [1.165, 1.54) is 18.9 Å². The van der Waals surface area contributed by atoms with Crippen molar-refractivity contribution in [3.8, 4) is 0 Å². The van der Waals surface area contributed by atoms with Crippen LogP contribution in [0.2, 0.25) is 0 Å². The van der Waals surface area contributed by atoms with E-state index in [1.54, 1.807) is 12.1 Å². The molecule has 0 aliphatic rings. The number of hydrogen-bond donors (Lipinski definition) is 1. The minimum Gasteiger partial charge on any atom is -0.319 e. The maximum atomic E-state index is 13.2. The summed E-state index contributed by atoms with van der Waals surface area (Å²) in [6, 6.07) is 6.99. The Kier molecular flexibility index (Phi) is 5.47. The van der Waals surface area contributed by atoms with Gasteiger partial charge in [0.1, 0.15) is 5.82 Å². The molecule has 0 fully saturated rings. The second-order valence-corrected chi connectivity index (χ2v) is 4.49. The molecule has 1 rings (SSSR count). The molecule has 2 atom stereocenters. The van der Waals surface area contributed by atoms with Crippen LogP contribution in [0.3, 0.4) is 0 Å². The summed E-state index contributed by atoms with van der Waals surface area (Å²) in [5.74, 6) is 0.849. The largest absolute Gasteiger partial charge is 0.319 e. The fourth-order valence-electron chi connectivity index (χ4n) is 2.26. The van der Waals surface area contributed by atoms with Gasteiger partial charge in [0.15, 0.2) is 0 Å². The predicted octanol–water partition coefficient (Wildman–Crippen LogP) is 3.56. The van der Waals surface area contributed by atoms with Gasteiger partial charge in [-0.25, -0.2) is 4.39 Å². The smallest absolute Gasteiger partial charge is 0.123 e. The first-order valence-corrected chi connectivity index (χ1v) is 6.09. The zero-order chi connectivity index (χ0) is 12.0. The van der Waals surface area contributed by atoms with Crippen LogP contribution in [0.15, 0.2) is 24.3 Å². The first-order chi connectivity index (χ1) is 7.69. The molecule has 2 heteroatoms. The lowest BCUT2D eigenvalue weighted by Crippen LogP contribution is -2.22. The summed E-state index contributed by atoms with van der Waals surface area (Å²) in [6.45, 7) is 5.35. The van der Waals surface area contributed by atoms with Crippen LogP contribution < -0.4 is 5.32 Å². The van der Waals surface area contributed by atoms with E-state index in [-0.39, 0.29) is 5.82 Å². The molecule has 0 heterocycles. The molecule has 1 aromatic rings. The summed E-state index contributed by atoms with van der Waals surface area (Å²) < 4.78 is 13.2. The van der Waals surface area contributed by atoms with Crippen LogP contribution in [0.4, 0.5) is 4.39 Å². The van der Waals surface area contributed by atoms with Crippen LogP contribution in [0.1, 0.15) is 38.2 Å². The molecular formula is C14H22FN. The molecule has 0 radical (unpaired) electrons. The summed E-state index contributed by atoms with van der Waals surface area (Å²) in [4.78, 5) is 0. The Morgan fingerprint density at radius 2 is 2.12 bits per heavy atom. The maximum Gasteiger partial charge on any atom is 0.123 e. The Labute approximate surface area is 98.1 Å². The molecule has 0 amide bonds. The topological polar surface area (TPSA) is 12.0 Å². The van der Waals surface area contributed by atoms with E-state index in [9.17, 15) is 4.39 Å². The zero-order valence-electron chi connectivity index (χ0n) is 10.5. The monoisotopic (exact) mass is 223 g/mol. The second-order valence-electron chi connectivity index (χ2n) is 4.49. The fourth-order valence-corrected chi connectivity index (χ4v) is 2.26.